The first-order valence-electron chi connectivity index (χ1n) is 10.2. The Morgan fingerprint density at radius 3 is 2.75 bits per heavy atom. The SMILES string of the molecule is CCN1CCc2c(sc3c2C(=O)N[C@@H](c2ccc(COc4c(Cl)cc(Cl)cc4Cl)o2)N3)C1. The van der Waals surface area contributed by atoms with Gasteiger partial charge in [-0.2, -0.15) is 0 Å². The van der Waals surface area contributed by atoms with Gasteiger partial charge < -0.3 is 19.8 Å². The van der Waals surface area contributed by atoms with Crippen LogP contribution in [0.2, 0.25) is 15.1 Å². The first kappa shape index (κ1) is 21.9. The van der Waals surface area contributed by atoms with E-state index in [0.717, 1.165) is 36.6 Å². The molecule has 3 aromatic rings. The zero-order valence-electron chi connectivity index (χ0n) is 17.1. The zero-order chi connectivity index (χ0) is 22.4. The number of hydrogen-bond acceptors (Lipinski definition) is 6. The van der Waals surface area contributed by atoms with E-state index in [0.29, 0.717) is 32.3 Å². The quantitative estimate of drug-likeness (QED) is 0.431. The Kier molecular flexibility index (Phi) is 6.03. The van der Waals surface area contributed by atoms with Gasteiger partial charge in [-0.15, -0.1) is 11.3 Å². The summed E-state index contributed by atoms with van der Waals surface area (Å²) in [5.74, 6) is 1.44. The topological polar surface area (TPSA) is 66.7 Å². The molecule has 0 bridgehead atoms. The van der Waals surface area contributed by atoms with Gasteiger partial charge in [0.05, 0.1) is 15.6 Å². The molecule has 1 amide bonds. The normalized spacial score (nSPS) is 18.0. The van der Waals surface area contributed by atoms with E-state index < -0.39 is 6.17 Å². The molecule has 1 atom stereocenters. The van der Waals surface area contributed by atoms with E-state index in [1.807, 2.05) is 6.07 Å². The number of nitrogens with one attached hydrogen (secondary N) is 2. The zero-order valence-corrected chi connectivity index (χ0v) is 20.2. The maximum Gasteiger partial charge on any atom is 0.256 e. The molecule has 0 fully saturated rings. The second kappa shape index (κ2) is 8.80. The van der Waals surface area contributed by atoms with Crippen LogP contribution in [0.15, 0.2) is 28.7 Å². The largest absolute Gasteiger partial charge is 0.483 e. The smallest absolute Gasteiger partial charge is 0.256 e. The number of benzene rings is 1. The number of furan rings is 1. The van der Waals surface area contributed by atoms with Crippen molar-refractivity contribution in [2.45, 2.75) is 32.7 Å². The summed E-state index contributed by atoms with van der Waals surface area (Å²) in [6.07, 6.45) is 0.446. The highest BCUT2D eigenvalue weighted by Crippen LogP contribution is 2.41. The van der Waals surface area contributed by atoms with Gasteiger partial charge in [0.15, 0.2) is 11.9 Å². The van der Waals surface area contributed by atoms with E-state index in [9.17, 15) is 4.79 Å². The minimum atomic E-state index is -0.450. The van der Waals surface area contributed by atoms with Crippen LogP contribution < -0.4 is 15.4 Å². The lowest BCUT2D eigenvalue weighted by Gasteiger charge is -2.27. The Bertz CT molecular complexity index is 1170. The molecule has 2 aromatic heterocycles. The number of rotatable bonds is 5. The van der Waals surface area contributed by atoms with Gasteiger partial charge in [-0.05, 0) is 42.8 Å². The molecule has 4 heterocycles. The van der Waals surface area contributed by atoms with Crippen molar-refractivity contribution in [3.8, 4) is 5.75 Å². The van der Waals surface area contributed by atoms with E-state index in [4.69, 9.17) is 44.0 Å². The van der Waals surface area contributed by atoms with Crippen LogP contribution in [0.25, 0.3) is 0 Å². The van der Waals surface area contributed by atoms with Crippen molar-refractivity contribution in [1.29, 1.82) is 0 Å². The molecular weight excluding hydrogens is 493 g/mol. The number of carbonyl (C=O) groups excluding carboxylic acids is 1. The van der Waals surface area contributed by atoms with Crippen LogP contribution in [0, 0.1) is 0 Å². The number of carbonyl (C=O) groups is 1. The van der Waals surface area contributed by atoms with Gasteiger partial charge in [0.1, 0.15) is 23.1 Å². The molecule has 10 heteroatoms. The van der Waals surface area contributed by atoms with Crippen LogP contribution >= 0.6 is 46.1 Å². The summed E-state index contributed by atoms with van der Waals surface area (Å²) in [4.78, 5) is 16.6. The number of hydrogen-bond donors (Lipinski definition) is 2. The number of amides is 1. The molecule has 5 rings (SSSR count). The Labute approximate surface area is 204 Å². The molecule has 0 aliphatic carbocycles. The third kappa shape index (κ3) is 4.08. The second-order valence-corrected chi connectivity index (χ2v) is 10.0. The van der Waals surface area contributed by atoms with Crippen LogP contribution in [0.4, 0.5) is 5.00 Å². The van der Waals surface area contributed by atoms with E-state index in [1.165, 1.54) is 10.4 Å². The summed E-state index contributed by atoms with van der Waals surface area (Å²) in [5, 5.41) is 8.42. The molecule has 2 N–H and O–H groups in total. The first-order chi connectivity index (χ1) is 15.4. The summed E-state index contributed by atoms with van der Waals surface area (Å²) in [5.41, 5.74) is 1.95. The van der Waals surface area contributed by atoms with Crippen molar-refractivity contribution in [2.24, 2.45) is 0 Å². The summed E-state index contributed by atoms with van der Waals surface area (Å²) in [6, 6.07) is 6.75. The molecule has 6 nitrogen and oxygen atoms in total. The number of fused-ring (bicyclic) bond motifs is 3. The number of nitrogens with zero attached hydrogens (tertiary/aromatic N) is 1. The molecule has 32 heavy (non-hydrogen) atoms. The van der Waals surface area contributed by atoms with E-state index in [2.05, 4.69) is 22.5 Å². The molecule has 0 saturated carbocycles. The fraction of sp³-hybridized carbons (Fsp3) is 0.318. The van der Waals surface area contributed by atoms with Gasteiger partial charge in [0, 0.05) is 23.0 Å². The average molecular weight is 513 g/mol. The molecule has 0 unspecified atom stereocenters. The van der Waals surface area contributed by atoms with Crippen molar-refractivity contribution in [3.05, 3.63) is 66.9 Å². The summed E-state index contributed by atoms with van der Waals surface area (Å²) in [6.45, 7) is 5.17. The van der Waals surface area contributed by atoms with Crippen LogP contribution in [0.3, 0.4) is 0 Å². The summed E-state index contributed by atoms with van der Waals surface area (Å²) in [7, 11) is 0. The lowest BCUT2D eigenvalue weighted by Crippen LogP contribution is -2.38. The predicted molar refractivity (Wildman–Crippen MR) is 127 cm³/mol. The van der Waals surface area contributed by atoms with Gasteiger partial charge in [-0.25, -0.2) is 0 Å². The van der Waals surface area contributed by atoms with Crippen molar-refractivity contribution in [3.63, 3.8) is 0 Å². The lowest BCUT2D eigenvalue weighted by molar-refractivity contribution is 0.0929. The number of likely N-dealkylation sites (N-methyl/N-ethyl adjacent to an activating group) is 1. The van der Waals surface area contributed by atoms with Crippen molar-refractivity contribution >= 4 is 57.0 Å². The predicted octanol–water partition coefficient (Wildman–Crippen LogP) is 6.11. The fourth-order valence-electron chi connectivity index (χ4n) is 4.02. The Balaban J connectivity index is 1.31. The van der Waals surface area contributed by atoms with E-state index in [-0.39, 0.29) is 12.5 Å². The maximum atomic E-state index is 12.9. The van der Waals surface area contributed by atoms with Gasteiger partial charge in [-0.1, -0.05) is 41.7 Å². The number of halogens is 3. The lowest BCUT2D eigenvalue weighted by atomic mass is 10.0. The highest BCUT2D eigenvalue weighted by molar-refractivity contribution is 7.16. The molecule has 1 aromatic carbocycles. The standard InChI is InChI=1S/C22H20Cl3N3O3S/c1-2-28-6-5-13-17(9-28)32-22-18(13)21(29)26-20(27-22)16-4-3-12(31-16)10-30-19-14(24)7-11(23)8-15(19)25/h3-4,7-8,20,27H,2,5-6,9-10H2,1H3,(H,26,29)/t20-/m1/s1. The average Bonchev–Trinajstić information content (AvgIpc) is 3.36. The molecular formula is C22H20Cl3N3O3S. The van der Waals surface area contributed by atoms with Gasteiger partial charge in [0.2, 0.25) is 0 Å². The Morgan fingerprint density at radius 1 is 1.22 bits per heavy atom. The molecule has 168 valence electrons. The Morgan fingerprint density at radius 2 is 2.00 bits per heavy atom. The summed E-state index contributed by atoms with van der Waals surface area (Å²) < 4.78 is 11.7. The third-order valence-corrected chi connectivity index (χ3v) is 7.58. The fourth-order valence-corrected chi connectivity index (χ4v) is 6.26. The van der Waals surface area contributed by atoms with Crippen molar-refractivity contribution in [2.75, 3.05) is 18.4 Å². The van der Waals surface area contributed by atoms with Gasteiger partial charge in [-0.3, -0.25) is 9.69 Å². The Hall–Kier alpha value is -1.90. The molecule has 0 radical (unpaired) electrons. The number of thiophene rings is 1. The van der Waals surface area contributed by atoms with E-state index in [1.54, 1.807) is 29.5 Å². The maximum absolute atomic E-state index is 12.9. The molecule has 0 spiro atoms. The molecule has 2 aliphatic rings. The van der Waals surface area contributed by atoms with Crippen molar-refractivity contribution < 1.29 is 13.9 Å². The van der Waals surface area contributed by atoms with Crippen LogP contribution in [0.5, 0.6) is 5.75 Å². The molecule has 2 aliphatic heterocycles. The van der Waals surface area contributed by atoms with Crippen LogP contribution in [0.1, 0.15) is 45.4 Å². The van der Waals surface area contributed by atoms with E-state index >= 15 is 0 Å². The van der Waals surface area contributed by atoms with Crippen molar-refractivity contribution in [1.82, 2.24) is 10.2 Å². The monoisotopic (exact) mass is 511 g/mol. The first-order valence-corrected chi connectivity index (χ1v) is 12.2. The van der Waals surface area contributed by atoms with Crippen LogP contribution in [-0.4, -0.2) is 23.9 Å². The third-order valence-electron chi connectivity index (χ3n) is 5.65. The second-order valence-electron chi connectivity index (χ2n) is 7.67. The summed E-state index contributed by atoms with van der Waals surface area (Å²) >= 11 is 19.9. The molecule has 0 saturated heterocycles. The highest BCUT2D eigenvalue weighted by atomic mass is 35.5. The minimum absolute atomic E-state index is 0.0693. The highest BCUT2D eigenvalue weighted by Gasteiger charge is 2.34. The number of anilines is 1. The minimum Gasteiger partial charge on any atom is -0.483 e. The van der Waals surface area contributed by atoms with Gasteiger partial charge >= 0.3 is 0 Å². The van der Waals surface area contributed by atoms with Crippen LogP contribution in [-0.2, 0) is 19.6 Å². The van der Waals surface area contributed by atoms with Gasteiger partial charge in [0.25, 0.3) is 5.91 Å². The number of ether oxygens (including phenoxy) is 1.